The molecule has 2 unspecified atom stereocenters. The van der Waals surface area contributed by atoms with Gasteiger partial charge in [0.1, 0.15) is 0 Å². The number of nitrogens with one attached hydrogen (secondary N) is 1. The van der Waals surface area contributed by atoms with Gasteiger partial charge in [-0.1, -0.05) is 40.0 Å². The highest BCUT2D eigenvalue weighted by molar-refractivity contribution is 5.78. The van der Waals surface area contributed by atoms with E-state index in [0.717, 1.165) is 13.1 Å². The number of nitrogens with zero attached hydrogens (tertiary/aromatic N) is 1. The lowest BCUT2D eigenvalue weighted by Crippen LogP contribution is -2.54. The van der Waals surface area contributed by atoms with Crippen molar-refractivity contribution in [1.29, 1.82) is 0 Å². The second kappa shape index (κ2) is 6.74. The maximum absolute atomic E-state index is 12.2. The molecule has 0 radical (unpaired) electrons. The van der Waals surface area contributed by atoms with Crippen LogP contribution >= 0.6 is 0 Å². The standard InChI is InChI=1S/C16H30N2O/c1-12(2)16(19)18-10-13(3)9-15(11-18)17-14-7-5-4-6-8-14/h12-15,17H,4-11H2,1-3H3. The SMILES string of the molecule is CC1CC(NC2CCCCC2)CN(C(=O)C(C)C)C1. The Balaban J connectivity index is 1.88. The zero-order valence-corrected chi connectivity index (χ0v) is 12.8. The van der Waals surface area contributed by atoms with Gasteiger partial charge in [0.2, 0.25) is 5.91 Å². The van der Waals surface area contributed by atoms with Crippen LogP contribution in [0.4, 0.5) is 0 Å². The van der Waals surface area contributed by atoms with Gasteiger partial charge in [0.25, 0.3) is 0 Å². The van der Waals surface area contributed by atoms with Gasteiger partial charge in [0.05, 0.1) is 0 Å². The highest BCUT2D eigenvalue weighted by atomic mass is 16.2. The van der Waals surface area contributed by atoms with Crippen LogP contribution in [0.2, 0.25) is 0 Å². The van der Waals surface area contributed by atoms with Crippen molar-refractivity contribution in [2.45, 2.75) is 71.4 Å². The van der Waals surface area contributed by atoms with Crippen LogP contribution in [0.5, 0.6) is 0 Å². The number of carbonyl (C=O) groups excluding carboxylic acids is 1. The van der Waals surface area contributed by atoms with Crippen molar-refractivity contribution in [2.24, 2.45) is 11.8 Å². The van der Waals surface area contributed by atoms with E-state index < -0.39 is 0 Å². The molecular weight excluding hydrogens is 236 g/mol. The number of amides is 1. The van der Waals surface area contributed by atoms with E-state index in [9.17, 15) is 4.79 Å². The van der Waals surface area contributed by atoms with Crippen molar-refractivity contribution in [3.8, 4) is 0 Å². The largest absolute Gasteiger partial charge is 0.341 e. The van der Waals surface area contributed by atoms with E-state index in [1.165, 1.54) is 38.5 Å². The lowest BCUT2D eigenvalue weighted by molar-refractivity contribution is -0.136. The average molecular weight is 266 g/mol. The Labute approximate surface area is 118 Å². The van der Waals surface area contributed by atoms with Crippen molar-refractivity contribution in [1.82, 2.24) is 10.2 Å². The summed E-state index contributed by atoms with van der Waals surface area (Å²) in [6.07, 6.45) is 8.00. The summed E-state index contributed by atoms with van der Waals surface area (Å²) in [6, 6.07) is 1.20. The van der Waals surface area contributed by atoms with Crippen LogP contribution in [-0.4, -0.2) is 36.0 Å². The number of rotatable bonds is 3. The predicted molar refractivity (Wildman–Crippen MR) is 79.0 cm³/mol. The molecule has 3 heteroatoms. The maximum atomic E-state index is 12.2. The van der Waals surface area contributed by atoms with E-state index in [0.29, 0.717) is 23.9 Å². The molecule has 0 bridgehead atoms. The Hall–Kier alpha value is -0.570. The van der Waals surface area contributed by atoms with Crippen molar-refractivity contribution >= 4 is 5.91 Å². The molecule has 1 amide bonds. The zero-order valence-electron chi connectivity index (χ0n) is 12.8. The summed E-state index contributed by atoms with van der Waals surface area (Å²) in [5, 5.41) is 3.82. The molecule has 2 aliphatic rings. The normalized spacial score (nSPS) is 29.8. The van der Waals surface area contributed by atoms with Gasteiger partial charge < -0.3 is 10.2 Å². The van der Waals surface area contributed by atoms with Gasteiger partial charge in [-0.05, 0) is 25.2 Å². The molecule has 0 aromatic heterocycles. The summed E-state index contributed by atoms with van der Waals surface area (Å²) in [5.41, 5.74) is 0. The minimum atomic E-state index is 0.126. The molecule has 0 aromatic rings. The summed E-state index contributed by atoms with van der Waals surface area (Å²) in [6.45, 7) is 8.14. The molecular formula is C16H30N2O. The van der Waals surface area contributed by atoms with E-state index in [-0.39, 0.29) is 5.92 Å². The van der Waals surface area contributed by atoms with Crippen LogP contribution in [0.15, 0.2) is 0 Å². The molecule has 0 spiro atoms. The Morgan fingerprint density at radius 1 is 1.11 bits per heavy atom. The van der Waals surface area contributed by atoms with E-state index in [2.05, 4.69) is 17.1 Å². The first-order valence-electron chi connectivity index (χ1n) is 8.11. The van der Waals surface area contributed by atoms with Crippen LogP contribution in [0.25, 0.3) is 0 Å². The molecule has 19 heavy (non-hydrogen) atoms. The average Bonchev–Trinajstić information content (AvgIpc) is 2.38. The monoisotopic (exact) mass is 266 g/mol. The molecule has 1 saturated heterocycles. The summed E-state index contributed by atoms with van der Waals surface area (Å²) in [4.78, 5) is 14.3. The fourth-order valence-electron chi connectivity index (χ4n) is 3.62. The molecule has 3 nitrogen and oxygen atoms in total. The lowest BCUT2D eigenvalue weighted by Gasteiger charge is -2.40. The van der Waals surface area contributed by atoms with Crippen molar-refractivity contribution in [3.63, 3.8) is 0 Å². The van der Waals surface area contributed by atoms with Gasteiger partial charge in [-0.3, -0.25) is 4.79 Å². The van der Waals surface area contributed by atoms with E-state index in [4.69, 9.17) is 0 Å². The van der Waals surface area contributed by atoms with E-state index in [1.807, 2.05) is 13.8 Å². The van der Waals surface area contributed by atoms with Crippen molar-refractivity contribution < 1.29 is 4.79 Å². The Morgan fingerprint density at radius 3 is 2.42 bits per heavy atom. The Bertz CT molecular complexity index is 297. The van der Waals surface area contributed by atoms with Crippen LogP contribution in [-0.2, 0) is 4.79 Å². The van der Waals surface area contributed by atoms with Crippen LogP contribution < -0.4 is 5.32 Å². The highest BCUT2D eigenvalue weighted by Crippen LogP contribution is 2.22. The van der Waals surface area contributed by atoms with Crippen molar-refractivity contribution in [3.05, 3.63) is 0 Å². The molecule has 110 valence electrons. The summed E-state index contributed by atoms with van der Waals surface area (Å²) < 4.78 is 0. The van der Waals surface area contributed by atoms with Gasteiger partial charge >= 0.3 is 0 Å². The first-order chi connectivity index (χ1) is 9.06. The summed E-state index contributed by atoms with van der Waals surface area (Å²) in [7, 11) is 0. The number of piperidine rings is 1. The first-order valence-corrected chi connectivity index (χ1v) is 8.11. The molecule has 1 saturated carbocycles. The molecule has 0 aromatic carbocycles. The summed E-state index contributed by atoms with van der Waals surface area (Å²) >= 11 is 0. The molecule has 2 atom stereocenters. The smallest absolute Gasteiger partial charge is 0.225 e. The van der Waals surface area contributed by atoms with Gasteiger partial charge in [-0.15, -0.1) is 0 Å². The minimum Gasteiger partial charge on any atom is -0.341 e. The topological polar surface area (TPSA) is 32.3 Å². The Kier molecular flexibility index (Phi) is 5.26. The van der Waals surface area contributed by atoms with Crippen LogP contribution in [0.3, 0.4) is 0 Å². The first kappa shape index (κ1) is 14.8. The molecule has 1 aliphatic carbocycles. The number of carbonyl (C=O) groups is 1. The predicted octanol–water partition coefficient (Wildman–Crippen LogP) is 2.80. The maximum Gasteiger partial charge on any atom is 0.225 e. The summed E-state index contributed by atoms with van der Waals surface area (Å²) in [5.74, 6) is 1.07. The molecule has 1 heterocycles. The van der Waals surface area contributed by atoms with Gasteiger partial charge in [0.15, 0.2) is 0 Å². The zero-order chi connectivity index (χ0) is 13.8. The van der Waals surface area contributed by atoms with Gasteiger partial charge in [0, 0.05) is 31.1 Å². The van der Waals surface area contributed by atoms with E-state index >= 15 is 0 Å². The molecule has 1 aliphatic heterocycles. The lowest BCUT2D eigenvalue weighted by atomic mass is 9.91. The highest BCUT2D eigenvalue weighted by Gasteiger charge is 2.30. The molecule has 2 fully saturated rings. The fraction of sp³-hybridized carbons (Fsp3) is 0.938. The third-order valence-electron chi connectivity index (χ3n) is 4.54. The third kappa shape index (κ3) is 4.20. The van der Waals surface area contributed by atoms with Crippen LogP contribution in [0.1, 0.15) is 59.3 Å². The molecule has 1 N–H and O–H groups in total. The van der Waals surface area contributed by atoms with Crippen LogP contribution in [0, 0.1) is 11.8 Å². The third-order valence-corrected chi connectivity index (χ3v) is 4.54. The second-order valence-electron chi connectivity index (χ2n) is 6.94. The number of hydrogen-bond donors (Lipinski definition) is 1. The fourth-order valence-corrected chi connectivity index (χ4v) is 3.62. The number of likely N-dealkylation sites (tertiary alicyclic amines) is 1. The second-order valence-corrected chi connectivity index (χ2v) is 6.94. The number of hydrogen-bond acceptors (Lipinski definition) is 2. The Morgan fingerprint density at radius 2 is 1.79 bits per heavy atom. The van der Waals surface area contributed by atoms with E-state index in [1.54, 1.807) is 0 Å². The molecule has 2 rings (SSSR count). The minimum absolute atomic E-state index is 0.126. The van der Waals surface area contributed by atoms with Gasteiger partial charge in [-0.25, -0.2) is 0 Å². The quantitative estimate of drug-likeness (QED) is 0.852. The van der Waals surface area contributed by atoms with Crippen molar-refractivity contribution in [2.75, 3.05) is 13.1 Å². The van der Waals surface area contributed by atoms with Gasteiger partial charge in [-0.2, -0.15) is 0 Å².